The summed E-state index contributed by atoms with van der Waals surface area (Å²) < 4.78 is 26.1. The molecule has 372 valence electrons. The van der Waals surface area contributed by atoms with E-state index in [9.17, 15) is 5.11 Å². The van der Waals surface area contributed by atoms with E-state index >= 15 is 0 Å². The van der Waals surface area contributed by atoms with E-state index in [1.54, 1.807) is 0 Å². The monoisotopic (exact) mass is 897 g/mol. The average Bonchev–Trinajstić information content (AvgIpc) is 3.55. The summed E-state index contributed by atoms with van der Waals surface area (Å²) in [5.74, 6) is 2.56. The van der Waals surface area contributed by atoms with E-state index in [1.807, 2.05) is 20.0 Å². The number of ether oxygens (including phenoxy) is 4. The van der Waals surface area contributed by atoms with Gasteiger partial charge in [0.15, 0.2) is 17.2 Å². The lowest BCUT2D eigenvalue weighted by Crippen LogP contribution is -2.27. The van der Waals surface area contributed by atoms with Crippen molar-refractivity contribution in [2.75, 3.05) is 39.6 Å². The van der Waals surface area contributed by atoms with Gasteiger partial charge in [0.1, 0.15) is 0 Å². The highest BCUT2D eigenvalue weighted by molar-refractivity contribution is 5.95. The second-order valence-corrected chi connectivity index (χ2v) is 23.1. The van der Waals surface area contributed by atoms with Crippen molar-refractivity contribution in [3.8, 4) is 17.2 Å². The van der Waals surface area contributed by atoms with E-state index < -0.39 is 6.10 Å². The van der Waals surface area contributed by atoms with Crippen molar-refractivity contribution in [3.05, 3.63) is 29.6 Å². The summed E-state index contributed by atoms with van der Waals surface area (Å²) in [5.41, 5.74) is 4.61. The summed E-state index contributed by atoms with van der Waals surface area (Å²) in [7, 11) is 0. The second kappa shape index (κ2) is 33.2. The van der Waals surface area contributed by atoms with E-state index in [-0.39, 0.29) is 0 Å². The molecule has 1 aromatic heterocycles. The predicted molar refractivity (Wildman–Crippen MR) is 277 cm³/mol. The number of unbranched alkanes of at least 4 members (excludes halogenated alkanes) is 18. The van der Waals surface area contributed by atoms with Crippen LogP contribution in [0, 0.1) is 16.2 Å². The number of aromatic nitrogens is 1. The summed E-state index contributed by atoms with van der Waals surface area (Å²) >= 11 is 0. The van der Waals surface area contributed by atoms with Crippen LogP contribution >= 0.6 is 0 Å². The summed E-state index contributed by atoms with van der Waals surface area (Å²) in [6.07, 6.45) is 33.3. The maximum atomic E-state index is 10.4. The molecule has 0 aliphatic heterocycles. The van der Waals surface area contributed by atoms with E-state index in [4.69, 9.17) is 18.9 Å². The fourth-order valence-electron chi connectivity index (χ4n) is 8.34. The Bertz CT molecular complexity index is 1470. The number of aliphatic hydroxyl groups excluding tert-OH is 1. The van der Waals surface area contributed by atoms with Crippen LogP contribution < -0.4 is 19.5 Å². The van der Waals surface area contributed by atoms with E-state index in [0.29, 0.717) is 55.8 Å². The fourth-order valence-corrected chi connectivity index (χ4v) is 8.34. The lowest BCUT2D eigenvalue weighted by molar-refractivity contribution is 0.0376. The molecule has 1 atom stereocenters. The molecule has 0 bridgehead atoms. The van der Waals surface area contributed by atoms with Crippen molar-refractivity contribution < 1.29 is 24.1 Å². The van der Waals surface area contributed by atoms with Gasteiger partial charge >= 0.3 is 0 Å². The van der Waals surface area contributed by atoms with Crippen LogP contribution in [-0.4, -0.2) is 55.8 Å². The number of hydrogen-bond donors (Lipinski definition) is 3. The molecule has 7 heteroatoms. The minimum absolute atomic E-state index is 0.309. The molecule has 7 nitrogen and oxygen atoms in total. The Morgan fingerprint density at radius 2 is 0.969 bits per heavy atom. The third kappa shape index (κ3) is 30.0. The first-order valence-corrected chi connectivity index (χ1v) is 26.6. The van der Waals surface area contributed by atoms with Gasteiger partial charge in [-0.1, -0.05) is 183 Å². The molecule has 2 aromatic rings. The maximum Gasteiger partial charge on any atom is 0.174 e. The van der Waals surface area contributed by atoms with Gasteiger partial charge in [0, 0.05) is 13.2 Å². The molecular formula is C57H104N2O5. The van der Waals surface area contributed by atoms with Gasteiger partial charge in [-0.05, 0) is 99.8 Å². The third-order valence-electron chi connectivity index (χ3n) is 12.1. The van der Waals surface area contributed by atoms with Gasteiger partial charge in [0.05, 0.1) is 49.1 Å². The second-order valence-electron chi connectivity index (χ2n) is 23.1. The Labute approximate surface area is 395 Å². The van der Waals surface area contributed by atoms with Crippen LogP contribution in [0.2, 0.25) is 0 Å². The first-order valence-electron chi connectivity index (χ1n) is 26.6. The van der Waals surface area contributed by atoms with E-state index in [0.717, 1.165) is 65.9 Å². The van der Waals surface area contributed by atoms with Gasteiger partial charge < -0.3 is 34.4 Å². The summed E-state index contributed by atoms with van der Waals surface area (Å²) in [5, 5.41) is 14.6. The minimum atomic E-state index is -0.550. The third-order valence-corrected chi connectivity index (χ3v) is 12.1. The number of benzene rings is 1. The summed E-state index contributed by atoms with van der Waals surface area (Å²) in [6, 6.07) is 4.25. The molecule has 0 aliphatic carbocycles. The molecule has 3 N–H and O–H groups in total. The number of aliphatic hydroxyl groups is 1. The Kier molecular flexibility index (Phi) is 29.9. The molecule has 0 saturated heterocycles. The van der Waals surface area contributed by atoms with Crippen molar-refractivity contribution in [3.63, 3.8) is 0 Å². The number of nitrogens with one attached hydrogen (secondary N) is 2. The maximum absolute atomic E-state index is 10.4. The molecule has 0 aliphatic rings. The highest BCUT2D eigenvalue weighted by atomic mass is 16.5. The van der Waals surface area contributed by atoms with Crippen LogP contribution in [0.4, 0.5) is 0 Å². The Balaban J connectivity index is 2.13. The number of aromatic amines is 1. The van der Waals surface area contributed by atoms with Gasteiger partial charge in [0.2, 0.25) is 0 Å². The molecule has 0 radical (unpaired) electrons. The standard InChI is InChI=1S/C57H104N2O5/c1-47(2)44-58-45-48(60)46-61-40-33-34-50-53(63-42-31-25-19-13-16-22-28-38-56(6,7)8)52-49(59-50)35-36-51(62-41-30-24-18-12-15-21-27-37-55(3,4)5)54(52)64-43-32-26-20-14-17-23-29-39-57(9,10)11/h35-36,44,48,58-60H,12-34,37-43,45-46H2,1-11H3. The van der Waals surface area contributed by atoms with Crippen molar-refractivity contribution in [1.29, 1.82) is 0 Å². The van der Waals surface area contributed by atoms with Gasteiger partial charge in [0.25, 0.3) is 0 Å². The molecule has 1 unspecified atom stereocenters. The quantitative estimate of drug-likeness (QED) is 0.0580. The SMILES string of the molecule is CC(C)=CNCC(O)COCCCc1[nH]c2ccc(OCCCCCCCCCC(C)(C)C)c(OCCCCCCCCCC(C)(C)C)c2c1OCCCCCCCCCC(C)(C)C. The van der Waals surface area contributed by atoms with E-state index in [1.165, 1.54) is 140 Å². The summed E-state index contributed by atoms with van der Waals surface area (Å²) in [6.45, 7) is 28.6. The molecule has 2 rings (SSSR count). The molecule has 64 heavy (non-hydrogen) atoms. The predicted octanol–water partition coefficient (Wildman–Crippen LogP) is 16.6. The van der Waals surface area contributed by atoms with Crippen molar-refractivity contribution in [1.82, 2.24) is 10.3 Å². The molecular weight excluding hydrogens is 793 g/mol. The first-order chi connectivity index (χ1) is 30.5. The van der Waals surface area contributed by atoms with Crippen LogP contribution in [0.15, 0.2) is 23.9 Å². The van der Waals surface area contributed by atoms with Gasteiger partial charge in [-0.25, -0.2) is 0 Å². The average molecular weight is 897 g/mol. The number of allylic oxidation sites excluding steroid dienone is 1. The largest absolute Gasteiger partial charge is 0.491 e. The number of H-pyrrole nitrogens is 1. The Morgan fingerprint density at radius 1 is 0.547 bits per heavy atom. The molecule has 0 saturated carbocycles. The molecule has 0 amide bonds. The van der Waals surface area contributed by atoms with Crippen LogP contribution in [0.25, 0.3) is 10.9 Å². The van der Waals surface area contributed by atoms with Gasteiger partial charge in [-0.15, -0.1) is 0 Å². The lowest BCUT2D eigenvalue weighted by Gasteiger charge is -2.17. The number of fused-ring (bicyclic) bond motifs is 1. The number of rotatable bonds is 39. The minimum Gasteiger partial charge on any atom is -0.491 e. The molecule has 1 heterocycles. The van der Waals surface area contributed by atoms with E-state index in [2.05, 4.69) is 84.7 Å². The zero-order valence-electron chi connectivity index (χ0n) is 44.0. The van der Waals surface area contributed by atoms with Crippen molar-refractivity contribution in [2.24, 2.45) is 16.2 Å². The lowest BCUT2D eigenvalue weighted by atomic mass is 9.89. The van der Waals surface area contributed by atoms with Crippen LogP contribution in [-0.2, 0) is 11.2 Å². The normalized spacial score (nSPS) is 12.8. The number of aryl methyl sites for hydroxylation is 1. The van der Waals surface area contributed by atoms with Crippen molar-refractivity contribution in [2.45, 2.75) is 249 Å². The Hall–Kier alpha value is -2.38. The highest BCUT2D eigenvalue weighted by Crippen LogP contribution is 2.44. The topological polar surface area (TPSA) is 85.0 Å². The molecule has 0 spiro atoms. The Morgan fingerprint density at radius 3 is 1.42 bits per heavy atom. The number of hydrogen-bond acceptors (Lipinski definition) is 6. The van der Waals surface area contributed by atoms with Gasteiger partial charge in [-0.3, -0.25) is 0 Å². The summed E-state index contributed by atoms with van der Waals surface area (Å²) in [4.78, 5) is 3.74. The smallest absolute Gasteiger partial charge is 0.174 e. The van der Waals surface area contributed by atoms with Crippen LogP contribution in [0.1, 0.15) is 242 Å². The zero-order chi connectivity index (χ0) is 47.1. The highest BCUT2D eigenvalue weighted by Gasteiger charge is 2.22. The van der Waals surface area contributed by atoms with Crippen molar-refractivity contribution >= 4 is 10.9 Å². The molecule has 0 fully saturated rings. The zero-order valence-corrected chi connectivity index (χ0v) is 44.0. The fraction of sp³-hybridized carbons (Fsp3) is 0.825. The molecule has 1 aromatic carbocycles. The van der Waals surface area contributed by atoms with Crippen LogP contribution in [0.5, 0.6) is 17.2 Å². The van der Waals surface area contributed by atoms with Gasteiger partial charge in [-0.2, -0.15) is 0 Å². The first kappa shape index (κ1) is 57.7. The van der Waals surface area contributed by atoms with Crippen LogP contribution in [0.3, 0.4) is 0 Å².